The molecule has 156 valence electrons. The molecule has 3 nitrogen and oxygen atoms in total. The smallest absolute Gasteiger partial charge is 0.316 e. The van der Waals surface area contributed by atoms with E-state index in [1.807, 2.05) is 0 Å². The number of carbonyl (C=O) groups is 1. The van der Waals surface area contributed by atoms with Gasteiger partial charge in [-0.2, -0.15) is 0 Å². The van der Waals surface area contributed by atoms with Crippen molar-refractivity contribution in [3.63, 3.8) is 0 Å². The van der Waals surface area contributed by atoms with Crippen molar-refractivity contribution in [1.82, 2.24) is 0 Å². The minimum atomic E-state index is -0.217. The largest absolute Gasteiger partial charge is 0.465 e. The van der Waals surface area contributed by atoms with Gasteiger partial charge in [-0.15, -0.1) is 0 Å². The average molecular weight is 451 g/mol. The fourth-order valence-electron chi connectivity index (χ4n) is 5.99. The van der Waals surface area contributed by atoms with Gasteiger partial charge in [0.05, 0.1) is 12.7 Å². The van der Waals surface area contributed by atoms with Crippen LogP contribution in [0, 0.1) is 23.2 Å². The number of ether oxygens (including phenoxy) is 1. The average Bonchev–Trinajstić information content (AvgIpc) is 3.04. The molecule has 0 aromatic rings. The second kappa shape index (κ2) is 9.30. The Balaban J connectivity index is 1.72. The summed E-state index contributed by atoms with van der Waals surface area (Å²) in [6.45, 7) is 9.43. The molecule has 3 fully saturated rings. The van der Waals surface area contributed by atoms with Gasteiger partial charge < -0.3 is 9.84 Å². The van der Waals surface area contributed by atoms with Gasteiger partial charge in [-0.05, 0) is 80.1 Å². The monoisotopic (exact) mass is 450 g/mol. The van der Waals surface area contributed by atoms with Crippen molar-refractivity contribution in [2.45, 2.75) is 71.3 Å². The maximum Gasteiger partial charge on any atom is 0.316 e. The lowest BCUT2D eigenvalue weighted by Gasteiger charge is -2.44. The summed E-state index contributed by atoms with van der Waals surface area (Å²) in [6, 6.07) is 0. The molecule has 28 heavy (non-hydrogen) atoms. The Bertz CT molecular complexity index is 665. The predicted octanol–water partition coefficient (Wildman–Crippen LogP) is 5.73. The Hall–Kier alpha value is -0.870. The molecule has 0 aromatic heterocycles. The van der Waals surface area contributed by atoms with Crippen molar-refractivity contribution in [1.29, 1.82) is 0 Å². The van der Waals surface area contributed by atoms with E-state index in [0.29, 0.717) is 29.8 Å². The highest BCUT2D eigenvalue weighted by atomic mass is 79.9. The number of carbonyl (C=O) groups excluding carboxylic acids is 1. The number of hydrogen-bond acceptors (Lipinski definition) is 3. The van der Waals surface area contributed by atoms with Gasteiger partial charge in [0.15, 0.2) is 0 Å². The first-order chi connectivity index (χ1) is 13.3. The summed E-state index contributed by atoms with van der Waals surface area (Å²) in [5.41, 5.74) is 4.28. The van der Waals surface area contributed by atoms with Gasteiger partial charge in [0.1, 0.15) is 5.33 Å². The highest BCUT2D eigenvalue weighted by molar-refractivity contribution is 9.09. The van der Waals surface area contributed by atoms with E-state index in [0.717, 1.165) is 19.3 Å². The molecular weight excluding hydrogens is 416 g/mol. The highest BCUT2D eigenvalue weighted by Gasteiger charge is 2.50. The molecule has 1 unspecified atom stereocenters. The van der Waals surface area contributed by atoms with E-state index in [9.17, 15) is 9.90 Å². The molecule has 0 aromatic carbocycles. The van der Waals surface area contributed by atoms with Crippen LogP contribution in [0.25, 0.3) is 0 Å². The maximum atomic E-state index is 11.5. The van der Waals surface area contributed by atoms with Gasteiger partial charge in [0.25, 0.3) is 0 Å². The van der Waals surface area contributed by atoms with E-state index in [1.165, 1.54) is 43.3 Å². The van der Waals surface area contributed by atoms with E-state index in [4.69, 9.17) is 4.74 Å². The molecule has 3 aliphatic rings. The standard InChI is InChI=1S/C24H35BrO3/c1-16-6-9-20(26)13-19(16)8-7-18-5-4-12-24(3)21(10-11-22(18)24)17(2)15-28-23(27)14-25/h7-8,17,20-22,26H,1,4-6,9-15H2,2-3H3/b18-7+,19-8-/t17-,20+,21-,22+,24?/m1/s1. The molecular formula is C24H35BrO3. The van der Waals surface area contributed by atoms with Gasteiger partial charge in [-0.1, -0.05) is 59.7 Å². The summed E-state index contributed by atoms with van der Waals surface area (Å²) < 4.78 is 5.42. The maximum absolute atomic E-state index is 11.5. The molecule has 0 amide bonds. The van der Waals surface area contributed by atoms with Crippen LogP contribution in [0.5, 0.6) is 0 Å². The molecule has 4 heteroatoms. The van der Waals surface area contributed by atoms with Crippen molar-refractivity contribution in [3.8, 4) is 0 Å². The van der Waals surface area contributed by atoms with Crippen LogP contribution >= 0.6 is 15.9 Å². The third-order valence-corrected chi connectivity index (χ3v) is 7.99. The van der Waals surface area contributed by atoms with E-state index >= 15 is 0 Å². The Labute approximate surface area is 178 Å². The lowest BCUT2D eigenvalue weighted by atomic mass is 9.61. The molecule has 0 bridgehead atoms. The van der Waals surface area contributed by atoms with E-state index in [1.54, 1.807) is 5.57 Å². The minimum Gasteiger partial charge on any atom is -0.465 e. The summed E-state index contributed by atoms with van der Waals surface area (Å²) in [5, 5.41) is 10.3. The number of allylic oxidation sites excluding steroid dienone is 4. The molecule has 3 aliphatic carbocycles. The van der Waals surface area contributed by atoms with Crippen LogP contribution in [0.1, 0.15) is 65.2 Å². The second-order valence-corrected chi connectivity index (χ2v) is 9.88. The first kappa shape index (κ1) is 21.8. The summed E-state index contributed by atoms with van der Waals surface area (Å²) in [7, 11) is 0. The summed E-state index contributed by atoms with van der Waals surface area (Å²) in [6.07, 6.45) is 13.0. The van der Waals surface area contributed by atoms with Crippen molar-refractivity contribution < 1.29 is 14.6 Å². The van der Waals surface area contributed by atoms with E-state index < -0.39 is 0 Å². The zero-order chi connectivity index (χ0) is 20.3. The quantitative estimate of drug-likeness (QED) is 0.429. The molecule has 0 aliphatic heterocycles. The highest BCUT2D eigenvalue weighted by Crippen LogP contribution is 2.59. The molecule has 3 saturated carbocycles. The SMILES string of the molecule is C=C1CC[C@H](O)C/C1=C/C=C1\CCCC2(C)[C@@H]([C@H](C)COC(=O)CBr)CC[C@@H]12. The summed E-state index contributed by atoms with van der Waals surface area (Å²) in [5.74, 6) is 1.45. The first-order valence-electron chi connectivity index (χ1n) is 10.8. The van der Waals surface area contributed by atoms with Crippen LogP contribution in [-0.4, -0.2) is 29.1 Å². The number of hydrogen-bond donors (Lipinski definition) is 1. The molecule has 5 atom stereocenters. The minimum absolute atomic E-state index is 0.169. The lowest BCUT2D eigenvalue weighted by molar-refractivity contribution is -0.142. The van der Waals surface area contributed by atoms with Gasteiger partial charge in [-0.25, -0.2) is 0 Å². The van der Waals surface area contributed by atoms with Crippen molar-refractivity contribution in [3.05, 3.63) is 35.5 Å². The predicted molar refractivity (Wildman–Crippen MR) is 117 cm³/mol. The molecule has 0 radical (unpaired) electrons. The fourth-order valence-corrected chi connectivity index (χ4v) is 6.15. The van der Waals surface area contributed by atoms with Gasteiger partial charge in [0, 0.05) is 0 Å². The van der Waals surface area contributed by atoms with Crippen molar-refractivity contribution >= 4 is 21.9 Å². The van der Waals surface area contributed by atoms with Gasteiger partial charge in [-0.3, -0.25) is 4.79 Å². The van der Waals surface area contributed by atoms with Crippen LogP contribution < -0.4 is 0 Å². The number of halogens is 1. The zero-order valence-electron chi connectivity index (χ0n) is 17.4. The Morgan fingerprint density at radius 2 is 2.14 bits per heavy atom. The van der Waals surface area contributed by atoms with Gasteiger partial charge >= 0.3 is 5.97 Å². The molecule has 0 saturated heterocycles. The number of rotatable bonds is 5. The Morgan fingerprint density at radius 3 is 2.89 bits per heavy atom. The number of alkyl halides is 1. The first-order valence-corrected chi connectivity index (χ1v) is 11.9. The molecule has 0 heterocycles. The van der Waals surface area contributed by atoms with Crippen LogP contribution in [0.3, 0.4) is 0 Å². The van der Waals surface area contributed by atoms with E-state index in [-0.39, 0.29) is 17.4 Å². The molecule has 1 N–H and O–H groups in total. The second-order valence-electron chi connectivity index (χ2n) is 9.32. The zero-order valence-corrected chi connectivity index (χ0v) is 19.0. The number of esters is 1. The normalized spacial score (nSPS) is 37.1. The van der Waals surface area contributed by atoms with Gasteiger partial charge in [0.2, 0.25) is 0 Å². The topological polar surface area (TPSA) is 46.5 Å². The van der Waals surface area contributed by atoms with Crippen LogP contribution in [-0.2, 0) is 9.53 Å². The van der Waals surface area contributed by atoms with E-state index in [2.05, 4.69) is 48.5 Å². The lowest BCUT2D eigenvalue weighted by Crippen LogP contribution is -2.37. The van der Waals surface area contributed by atoms with Crippen LogP contribution in [0.2, 0.25) is 0 Å². The third kappa shape index (κ3) is 4.64. The van der Waals surface area contributed by atoms with Crippen molar-refractivity contribution in [2.24, 2.45) is 23.2 Å². The summed E-state index contributed by atoms with van der Waals surface area (Å²) in [4.78, 5) is 11.5. The van der Waals surface area contributed by atoms with Crippen LogP contribution in [0.4, 0.5) is 0 Å². The number of fused-ring (bicyclic) bond motifs is 1. The number of aliphatic hydroxyl groups excluding tert-OH is 1. The summed E-state index contributed by atoms with van der Waals surface area (Å²) >= 11 is 3.17. The molecule has 3 rings (SSSR count). The van der Waals surface area contributed by atoms with Crippen molar-refractivity contribution in [2.75, 3.05) is 11.9 Å². The third-order valence-electron chi connectivity index (χ3n) is 7.53. The van der Waals surface area contributed by atoms with Crippen LogP contribution in [0.15, 0.2) is 35.5 Å². The number of aliphatic hydroxyl groups is 1. The molecule has 0 spiro atoms. The Morgan fingerprint density at radius 1 is 1.36 bits per heavy atom. The Kier molecular flexibility index (Phi) is 7.25. The fraction of sp³-hybridized carbons (Fsp3) is 0.708.